The average molecular weight is 223 g/mol. The van der Waals surface area contributed by atoms with Crippen LogP contribution in [0.5, 0.6) is 0 Å². The second-order valence-electron chi connectivity index (χ2n) is 1.89. The van der Waals surface area contributed by atoms with Gasteiger partial charge in [-0.25, -0.2) is 0 Å². The third-order valence-corrected chi connectivity index (χ3v) is 2.11. The molecule has 0 saturated carbocycles. The highest BCUT2D eigenvalue weighted by atomic mass is 35.5. The summed E-state index contributed by atoms with van der Waals surface area (Å²) in [5.74, 6) is 0. The number of hydrogen-bond acceptors (Lipinski definition) is 3. The summed E-state index contributed by atoms with van der Waals surface area (Å²) in [6, 6.07) is 3.67. The zero-order chi connectivity index (χ0) is 8.27. The Bertz CT molecular complexity index is 278. The Labute approximate surface area is 86.6 Å². The first-order chi connectivity index (χ1) is 5.24. The minimum Gasteiger partial charge on any atom is -0.287 e. The highest BCUT2D eigenvalue weighted by Gasteiger charge is 1.98. The minimum absolute atomic E-state index is 0. The molecule has 5 heteroatoms. The molecule has 0 aromatic carbocycles. The van der Waals surface area contributed by atoms with E-state index >= 15 is 0 Å². The second-order valence-corrected chi connectivity index (χ2v) is 3.15. The van der Waals surface area contributed by atoms with E-state index in [9.17, 15) is 0 Å². The first kappa shape index (κ1) is 11.8. The van der Waals surface area contributed by atoms with Crippen LogP contribution in [0.2, 0.25) is 0 Å². The van der Waals surface area contributed by atoms with Crippen LogP contribution in [0.15, 0.2) is 23.2 Å². The van der Waals surface area contributed by atoms with E-state index in [1.165, 1.54) is 0 Å². The van der Waals surface area contributed by atoms with Crippen molar-refractivity contribution in [1.29, 1.82) is 5.41 Å². The summed E-state index contributed by atoms with van der Waals surface area (Å²) in [6.45, 7) is 0. The monoisotopic (exact) mass is 222 g/mol. The van der Waals surface area contributed by atoms with Crippen LogP contribution in [-0.2, 0) is 0 Å². The summed E-state index contributed by atoms with van der Waals surface area (Å²) in [6.07, 6.45) is 3.62. The van der Waals surface area contributed by atoms with Gasteiger partial charge in [0.25, 0.3) is 0 Å². The molecule has 66 valence electrons. The Morgan fingerprint density at radius 3 is 2.83 bits per heavy atom. The van der Waals surface area contributed by atoms with E-state index in [0.29, 0.717) is 5.69 Å². The van der Waals surface area contributed by atoms with Gasteiger partial charge in [0.1, 0.15) is 10.9 Å². The summed E-state index contributed by atoms with van der Waals surface area (Å²) >= 11 is 7.05. The molecule has 1 N–H and O–H groups in total. The Kier molecular flexibility index (Phi) is 5.29. The van der Waals surface area contributed by atoms with Gasteiger partial charge < -0.3 is 0 Å². The van der Waals surface area contributed by atoms with E-state index < -0.39 is 0 Å². The minimum atomic E-state index is -0.0131. The molecule has 0 spiro atoms. The Hall–Kier alpha value is -0.250. The molecule has 0 bridgehead atoms. The number of thioether (sulfide) groups is 1. The fraction of sp³-hybridized carbons (Fsp3) is 0.143. The van der Waals surface area contributed by atoms with Crippen molar-refractivity contribution in [3.63, 3.8) is 0 Å². The normalized spacial score (nSPS) is 8.83. The van der Waals surface area contributed by atoms with Gasteiger partial charge in [0.15, 0.2) is 0 Å². The van der Waals surface area contributed by atoms with Gasteiger partial charge >= 0.3 is 0 Å². The standard InChI is InChI=1S/C7H7ClN2S.ClH/c1-11-5-2-3-10-6(4-5)7(8)9;/h2-4,9H,1H3;1H. The molecule has 0 radical (unpaired) electrons. The molecule has 0 amide bonds. The quantitative estimate of drug-likeness (QED) is 0.618. The van der Waals surface area contributed by atoms with E-state index in [0.717, 1.165) is 4.90 Å². The molecular formula is C7H8Cl2N2S. The molecule has 1 rings (SSSR count). The lowest BCUT2D eigenvalue weighted by atomic mass is 10.4. The van der Waals surface area contributed by atoms with Crippen LogP contribution in [-0.4, -0.2) is 16.4 Å². The van der Waals surface area contributed by atoms with E-state index in [1.54, 1.807) is 24.0 Å². The van der Waals surface area contributed by atoms with Gasteiger partial charge in [-0.2, -0.15) is 0 Å². The average Bonchev–Trinajstić information content (AvgIpc) is 2.05. The molecular weight excluding hydrogens is 215 g/mol. The second kappa shape index (κ2) is 5.41. The molecule has 0 aliphatic carbocycles. The van der Waals surface area contributed by atoms with Gasteiger partial charge in [-0.05, 0) is 18.4 Å². The van der Waals surface area contributed by atoms with Crippen molar-refractivity contribution in [1.82, 2.24) is 4.98 Å². The first-order valence-electron chi connectivity index (χ1n) is 2.98. The van der Waals surface area contributed by atoms with E-state index in [1.807, 2.05) is 12.3 Å². The summed E-state index contributed by atoms with van der Waals surface area (Å²) in [7, 11) is 0. The molecule has 0 aliphatic heterocycles. The van der Waals surface area contributed by atoms with Crippen LogP contribution in [0.3, 0.4) is 0 Å². The highest BCUT2D eigenvalue weighted by molar-refractivity contribution is 7.98. The van der Waals surface area contributed by atoms with Crippen molar-refractivity contribution >= 4 is 40.9 Å². The van der Waals surface area contributed by atoms with Crippen molar-refractivity contribution in [3.8, 4) is 0 Å². The Morgan fingerprint density at radius 1 is 1.67 bits per heavy atom. The maximum absolute atomic E-state index is 7.10. The first-order valence-corrected chi connectivity index (χ1v) is 4.59. The summed E-state index contributed by atoms with van der Waals surface area (Å²) in [5.41, 5.74) is 0.526. The SMILES string of the molecule is CSc1ccnc(C(=N)Cl)c1.Cl. The van der Waals surface area contributed by atoms with Gasteiger partial charge in [0.2, 0.25) is 0 Å². The molecule has 12 heavy (non-hydrogen) atoms. The fourth-order valence-electron chi connectivity index (χ4n) is 0.658. The van der Waals surface area contributed by atoms with E-state index in [2.05, 4.69) is 4.98 Å². The Morgan fingerprint density at radius 2 is 2.33 bits per heavy atom. The fourth-order valence-corrected chi connectivity index (χ4v) is 1.19. The zero-order valence-electron chi connectivity index (χ0n) is 6.37. The lowest BCUT2D eigenvalue weighted by molar-refractivity contribution is 1.23. The molecule has 1 aromatic heterocycles. The third-order valence-electron chi connectivity index (χ3n) is 1.19. The van der Waals surface area contributed by atoms with Crippen LogP contribution in [0.1, 0.15) is 5.69 Å². The third kappa shape index (κ3) is 3.01. The van der Waals surface area contributed by atoms with Gasteiger partial charge in [0, 0.05) is 11.1 Å². The predicted molar refractivity (Wildman–Crippen MR) is 55.9 cm³/mol. The van der Waals surface area contributed by atoms with Crippen molar-refractivity contribution in [2.75, 3.05) is 6.26 Å². The molecule has 0 unspecified atom stereocenters. The smallest absolute Gasteiger partial charge is 0.146 e. The van der Waals surface area contributed by atoms with Crippen LogP contribution in [0.25, 0.3) is 0 Å². The predicted octanol–water partition coefficient (Wildman–Crippen LogP) is 2.79. The molecule has 0 fully saturated rings. The summed E-state index contributed by atoms with van der Waals surface area (Å²) in [4.78, 5) is 4.99. The van der Waals surface area contributed by atoms with Gasteiger partial charge in [-0.1, -0.05) is 11.6 Å². The maximum atomic E-state index is 7.10. The van der Waals surface area contributed by atoms with Crippen LogP contribution < -0.4 is 0 Å². The van der Waals surface area contributed by atoms with E-state index in [4.69, 9.17) is 17.0 Å². The van der Waals surface area contributed by atoms with Crippen LogP contribution in [0, 0.1) is 5.41 Å². The molecule has 2 nitrogen and oxygen atoms in total. The van der Waals surface area contributed by atoms with Crippen molar-refractivity contribution in [3.05, 3.63) is 24.0 Å². The number of rotatable bonds is 2. The number of aromatic nitrogens is 1. The number of nitrogens with one attached hydrogen (secondary N) is 1. The van der Waals surface area contributed by atoms with E-state index in [-0.39, 0.29) is 17.6 Å². The van der Waals surface area contributed by atoms with Gasteiger partial charge in [-0.15, -0.1) is 24.2 Å². The number of pyridine rings is 1. The number of nitrogens with zero attached hydrogens (tertiary/aromatic N) is 1. The van der Waals surface area contributed by atoms with Crippen molar-refractivity contribution in [2.24, 2.45) is 0 Å². The van der Waals surface area contributed by atoms with Crippen molar-refractivity contribution < 1.29 is 0 Å². The van der Waals surface area contributed by atoms with Crippen molar-refractivity contribution in [2.45, 2.75) is 4.90 Å². The molecule has 0 saturated heterocycles. The topological polar surface area (TPSA) is 36.7 Å². The molecule has 0 atom stereocenters. The van der Waals surface area contributed by atoms with Crippen LogP contribution >= 0.6 is 35.8 Å². The van der Waals surface area contributed by atoms with Crippen LogP contribution in [0.4, 0.5) is 0 Å². The summed E-state index contributed by atoms with van der Waals surface area (Å²) in [5, 5.41) is 7.09. The highest BCUT2D eigenvalue weighted by Crippen LogP contribution is 2.14. The molecule has 0 aliphatic rings. The molecule has 1 aromatic rings. The number of halogens is 2. The zero-order valence-corrected chi connectivity index (χ0v) is 8.76. The lowest BCUT2D eigenvalue weighted by Gasteiger charge is -1.97. The Balaban J connectivity index is 0.00000121. The molecule has 1 heterocycles. The number of hydrogen-bond donors (Lipinski definition) is 1. The lowest BCUT2D eigenvalue weighted by Crippen LogP contribution is -1.92. The maximum Gasteiger partial charge on any atom is 0.146 e. The van der Waals surface area contributed by atoms with Gasteiger partial charge in [0.05, 0.1) is 0 Å². The summed E-state index contributed by atoms with van der Waals surface area (Å²) < 4.78 is 0. The largest absolute Gasteiger partial charge is 0.287 e. The van der Waals surface area contributed by atoms with Gasteiger partial charge in [-0.3, -0.25) is 10.4 Å².